The molecule has 0 aliphatic heterocycles. The summed E-state index contributed by atoms with van der Waals surface area (Å²) >= 11 is 18.2. The van der Waals surface area contributed by atoms with Crippen LogP contribution in [0.15, 0.2) is 17.3 Å². The highest BCUT2D eigenvalue weighted by Crippen LogP contribution is 2.40. The number of hydrogen-bond acceptors (Lipinski definition) is 3. The lowest BCUT2D eigenvalue weighted by Gasteiger charge is -2.28. The molecular weight excluding hydrogens is 419 g/mol. The zero-order valence-corrected chi connectivity index (χ0v) is 19.3. The zero-order chi connectivity index (χ0) is 21.4. The first-order chi connectivity index (χ1) is 12.8. The number of aromatic hydroxyl groups is 1. The number of nitrogens with one attached hydrogen (secondary N) is 1. The Morgan fingerprint density at radius 3 is 1.82 bits per heavy atom. The number of aromatic amines is 1. The fourth-order valence-electron chi connectivity index (χ4n) is 3.09. The Bertz CT molecular complexity index is 869. The van der Waals surface area contributed by atoms with Crippen molar-refractivity contribution in [3.63, 3.8) is 0 Å². The summed E-state index contributed by atoms with van der Waals surface area (Å²) in [6.07, 6.45) is 1.01. The first-order valence-corrected chi connectivity index (χ1v) is 10.2. The number of aryl methyl sites for hydroxylation is 1. The van der Waals surface area contributed by atoms with Crippen molar-refractivity contribution in [2.24, 2.45) is 5.16 Å². The van der Waals surface area contributed by atoms with Crippen LogP contribution in [0, 0.1) is 0 Å². The number of benzene rings is 1. The molecule has 1 aromatic carbocycles. The van der Waals surface area contributed by atoms with Gasteiger partial charge < -0.3 is 15.3 Å². The molecule has 0 bridgehead atoms. The number of oxime groups is 1. The van der Waals surface area contributed by atoms with Crippen molar-refractivity contribution < 1.29 is 10.3 Å². The van der Waals surface area contributed by atoms with Gasteiger partial charge in [0.05, 0.1) is 15.7 Å². The van der Waals surface area contributed by atoms with Crippen LogP contribution in [0.5, 0.6) is 5.75 Å². The molecule has 0 spiro atoms. The van der Waals surface area contributed by atoms with Crippen molar-refractivity contribution in [2.75, 3.05) is 0 Å². The average molecular weight is 446 g/mol. The van der Waals surface area contributed by atoms with E-state index < -0.39 is 0 Å². The first kappa shape index (κ1) is 22.9. The third kappa shape index (κ3) is 4.79. The van der Waals surface area contributed by atoms with Gasteiger partial charge in [-0.1, -0.05) is 93.6 Å². The molecule has 7 heteroatoms. The molecule has 0 saturated carbocycles. The van der Waals surface area contributed by atoms with Gasteiger partial charge >= 0.3 is 0 Å². The average Bonchev–Trinajstić information content (AvgIpc) is 2.82. The van der Waals surface area contributed by atoms with Gasteiger partial charge in [-0.2, -0.15) is 0 Å². The molecule has 2 aromatic rings. The van der Waals surface area contributed by atoms with E-state index in [1.165, 1.54) is 0 Å². The van der Waals surface area contributed by atoms with Crippen molar-refractivity contribution in [3.05, 3.63) is 49.7 Å². The molecule has 2 rings (SSSR count). The van der Waals surface area contributed by atoms with E-state index in [-0.39, 0.29) is 26.0 Å². The van der Waals surface area contributed by atoms with Crippen LogP contribution in [0.3, 0.4) is 0 Å². The summed E-state index contributed by atoms with van der Waals surface area (Å²) in [5, 5.41) is 24.3. The van der Waals surface area contributed by atoms with Crippen molar-refractivity contribution >= 4 is 40.5 Å². The standard InChI is InChI=1S/C21H27Cl3N2O2/c1-20(2,3)12-9-11(10-13(18(12)27)21(4,5)6)7-8-14(26-28)17-15(22)16(23)19(24)25-17/h9-10,25,27-28H,7-8H2,1-6H3/b26-14-. The summed E-state index contributed by atoms with van der Waals surface area (Å²) in [5.41, 5.74) is 3.17. The second kappa shape index (κ2) is 8.17. The van der Waals surface area contributed by atoms with Crippen LogP contribution in [0.2, 0.25) is 15.2 Å². The number of H-pyrrole nitrogens is 1. The maximum atomic E-state index is 10.8. The number of halogens is 3. The second-order valence-corrected chi connectivity index (χ2v) is 10.2. The number of hydrogen-bond donors (Lipinski definition) is 3. The minimum Gasteiger partial charge on any atom is -0.507 e. The Morgan fingerprint density at radius 2 is 1.46 bits per heavy atom. The van der Waals surface area contributed by atoms with Crippen molar-refractivity contribution in [1.82, 2.24) is 4.98 Å². The van der Waals surface area contributed by atoms with E-state index in [2.05, 4.69) is 51.7 Å². The maximum Gasteiger partial charge on any atom is 0.127 e. The minimum atomic E-state index is -0.211. The predicted octanol–water partition coefficient (Wildman–Crippen LogP) is 7.09. The number of nitrogens with zero attached hydrogens (tertiary/aromatic N) is 1. The van der Waals surface area contributed by atoms with Gasteiger partial charge in [-0.15, -0.1) is 0 Å². The molecule has 0 aliphatic carbocycles. The van der Waals surface area contributed by atoms with Gasteiger partial charge in [0.1, 0.15) is 16.6 Å². The number of rotatable bonds is 4. The molecule has 0 fully saturated rings. The Kier molecular flexibility index (Phi) is 6.69. The summed E-state index contributed by atoms with van der Waals surface area (Å²) in [6, 6.07) is 4.02. The molecule has 0 atom stereocenters. The molecule has 1 aromatic heterocycles. The summed E-state index contributed by atoms with van der Waals surface area (Å²) in [6.45, 7) is 12.4. The van der Waals surface area contributed by atoms with Crippen molar-refractivity contribution in [2.45, 2.75) is 65.2 Å². The van der Waals surface area contributed by atoms with Crippen LogP contribution >= 0.6 is 34.8 Å². The Hall–Kier alpha value is -1.36. The fraction of sp³-hybridized carbons (Fsp3) is 0.476. The number of aromatic nitrogens is 1. The van der Waals surface area contributed by atoms with Crippen LogP contribution in [-0.2, 0) is 17.3 Å². The molecule has 0 saturated heterocycles. The maximum absolute atomic E-state index is 10.8. The zero-order valence-electron chi connectivity index (χ0n) is 17.0. The van der Waals surface area contributed by atoms with Crippen LogP contribution in [0.1, 0.15) is 70.3 Å². The lowest BCUT2D eigenvalue weighted by Crippen LogP contribution is -2.18. The Balaban J connectivity index is 2.41. The van der Waals surface area contributed by atoms with E-state index in [0.29, 0.717) is 30.0 Å². The van der Waals surface area contributed by atoms with Crippen molar-refractivity contribution in [1.29, 1.82) is 0 Å². The molecule has 0 unspecified atom stereocenters. The van der Waals surface area contributed by atoms with Gasteiger partial charge in [-0.3, -0.25) is 0 Å². The van der Waals surface area contributed by atoms with Crippen molar-refractivity contribution in [3.8, 4) is 5.75 Å². The largest absolute Gasteiger partial charge is 0.507 e. The summed E-state index contributed by atoms with van der Waals surface area (Å²) in [7, 11) is 0. The number of phenols is 1. The summed E-state index contributed by atoms with van der Waals surface area (Å²) in [5.74, 6) is 0.339. The van der Waals surface area contributed by atoms with Crippen LogP contribution in [-0.4, -0.2) is 21.0 Å². The molecule has 0 aliphatic rings. The molecule has 0 amide bonds. The van der Waals surface area contributed by atoms with Gasteiger partial charge in [-0.25, -0.2) is 0 Å². The molecule has 28 heavy (non-hydrogen) atoms. The third-order valence-electron chi connectivity index (χ3n) is 4.69. The monoisotopic (exact) mass is 444 g/mol. The first-order valence-electron chi connectivity index (χ1n) is 9.08. The topological polar surface area (TPSA) is 68.6 Å². The van der Waals surface area contributed by atoms with Crippen LogP contribution in [0.25, 0.3) is 0 Å². The smallest absolute Gasteiger partial charge is 0.127 e. The van der Waals surface area contributed by atoms with E-state index in [1.54, 1.807) is 0 Å². The van der Waals surface area contributed by atoms with Gasteiger partial charge in [0.25, 0.3) is 0 Å². The normalized spacial score (nSPS) is 13.2. The van der Waals surface area contributed by atoms with Gasteiger partial charge in [0.2, 0.25) is 0 Å². The predicted molar refractivity (Wildman–Crippen MR) is 118 cm³/mol. The lowest BCUT2D eigenvalue weighted by molar-refractivity contribution is 0.318. The quantitative estimate of drug-likeness (QED) is 0.267. The van der Waals surface area contributed by atoms with E-state index >= 15 is 0 Å². The second-order valence-electron chi connectivity index (χ2n) is 9.03. The molecule has 1 heterocycles. The van der Waals surface area contributed by atoms with Crippen LogP contribution in [0.4, 0.5) is 0 Å². The molecule has 154 valence electrons. The fourth-order valence-corrected chi connectivity index (χ4v) is 3.72. The van der Waals surface area contributed by atoms with Gasteiger partial charge in [0.15, 0.2) is 0 Å². The summed E-state index contributed by atoms with van der Waals surface area (Å²) < 4.78 is 0. The van der Waals surface area contributed by atoms with E-state index in [0.717, 1.165) is 16.7 Å². The third-order valence-corrected chi connectivity index (χ3v) is 5.92. The SMILES string of the molecule is CC(C)(C)c1cc(CC/C(=N/O)c2[nH]c(Cl)c(Cl)c2Cl)cc(C(C)(C)C)c1O. The minimum absolute atomic E-state index is 0.203. The Labute approximate surface area is 181 Å². The highest BCUT2D eigenvalue weighted by molar-refractivity contribution is 6.49. The molecule has 0 radical (unpaired) electrons. The van der Waals surface area contributed by atoms with Gasteiger partial charge in [0, 0.05) is 0 Å². The molecule has 3 N–H and O–H groups in total. The lowest BCUT2D eigenvalue weighted by atomic mass is 9.78. The molecule has 4 nitrogen and oxygen atoms in total. The Morgan fingerprint density at radius 1 is 0.964 bits per heavy atom. The van der Waals surface area contributed by atoms with E-state index in [1.807, 2.05) is 12.1 Å². The highest BCUT2D eigenvalue weighted by atomic mass is 35.5. The van der Waals surface area contributed by atoms with E-state index in [9.17, 15) is 10.3 Å². The molecular formula is C21H27Cl3N2O2. The summed E-state index contributed by atoms with van der Waals surface area (Å²) in [4.78, 5) is 2.85. The van der Waals surface area contributed by atoms with Gasteiger partial charge in [-0.05, 0) is 40.4 Å². The van der Waals surface area contributed by atoms with Crippen LogP contribution < -0.4 is 0 Å². The number of phenolic OH excluding ortho intramolecular Hbond substituents is 1. The van der Waals surface area contributed by atoms with E-state index in [4.69, 9.17) is 34.8 Å². The highest BCUT2D eigenvalue weighted by Gasteiger charge is 2.27.